The number of ether oxygens (including phenoxy) is 3. The first-order chi connectivity index (χ1) is 26.4. The maximum atomic E-state index is 12.1. The fourth-order valence-corrected chi connectivity index (χ4v) is 6.67. The number of carbonyl (C=O) groups excluding carboxylic acids is 2. The van der Waals surface area contributed by atoms with Gasteiger partial charge in [-0.15, -0.1) is 0 Å². The Labute approximate surface area is 330 Å². The van der Waals surface area contributed by atoms with Gasteiger partial charge in [0.1, 0.15) is 0 Å². The lowest BCUT2D eigenvalue weighted by molar-refractivity contribution is -0.115. The van der Waals surface area contributed by atoms with Crippen LogP contribution in [0.25, 0.3) is 0 Å². The lowest BCUT2D eigenvalue weighted by Gasteiger charge is -2.18. The monoisotopic (exact) mass is 755 g/mol. The van der Waals surface area contributed by atoms with E-state index < -0.39 is 5.97 Å². The van der Waals surface area contributed by atoms with Crippen molar-refractivity contribution in [2.75, 3.05) is 19.8 Å². The zero-order valence-corrected chi connectivity index (χ0v) is 34.5. The van der Waals surface area contributed by atoms with Crippen molar-refractivity contribution in [2.24, 2.45) is 0 Å². The van der Waals surface area contributed by atoms with E-state index in [0.29, 0.717) is 49.9 Å². The first-order valence-electron chi connectivity index (χ1n) is 22.0. The zero-order valence-electron chi connectivity index (χ0n) is 34.5. The molecule has 0 radical (unpaired) electrons. The number of aromatic carboxylic acids is 1. The van der Waals surface area contributed by atoms with Gasteiger partial charge in [-0.25, -0.2) is 4.79 Å². The maximum absolute atomic E-state index is 12.1. The first-order valence-corrected chi connectivity index (χ1v) is 22.0. The molecule has 1 aromatic rings. The molecule has 7 nitrogen and oxygen atoms in total. The van der Waals surface area contributed by atoms with E-state index in [4.69, 9.17) is 14.2 Å². The molecule has 0 aliphatic heterocycles. The van der Waals surface area contributed by atoms with Gasteiger partial charge >= 0.3 is 5.97 Å². The average Bonchev–Trinajstić information content (AvgIpc) is 3.17. The molecular weight excluding hydrogens is 677 g/mol. The van der Waals surface area contributed by atoms with E-state index in [9.17, 15) is 19.5 Å². The molecule has 0 bridgehead atoms. The van der Waals surface area contributed by atoms with E-state index in [0.717, 1.165) is 77.0 Å². The summed E-state index contributed by atoms with van der Waals surface area (Å²) >= 11 is 0. The number of carbonyl (C=O) groups is 3. The minimum absolute atomic E-state index is 0.139. The third kappa shape index (κ3) is 27.5. The normalized spacial score (nSPS) is 11.0. The number of carboxylic acid groups (broad SMARTS) is 1. The molecular formula is C47H78O7. The summed E-state index contributed by atoms with van der Waals surface area (Å²) in [4.78, 5) is 34.8. The van der Waals surface area contributed by atoms with E-state index in [2.05, 4.69) is 20.1 Å². The maximum Gasteiger partial charge on any atom is 0.335 e. The summed E-state index contributed by atoms with van der Waals surface area (Å²) in [5, 5.41) is 9.90. The molecule has 0 heterocycles. The predicted molar refractivity (Wildman–Crippen MR) is 224 cm³/mol. The predicted octanol–water partition coefficient (Wildman–Crippen LogP) is 13.8. The molecule has 0 saturated carbocycles. The number of hydrogen-bond donors (Lipinski definition) is 1. The molecule has 0 aromatic heterocycles. The minimum Gasteiger partial charge on any atom is -0.490 e. The Kier molecular flexibility index (Phi) is 32.3. The Morgan fingerprint density at radius 3 is 1.09 bits per heavy atom. The molecule has 0 saturated heterocycles. The van der Waals surface area contributed by atoms with Gasteiger partial charge in [0.15, 0.2) is 23.1 Å². The largest absolute Gasteiger partial charge is 0.490 e. The average molecular weight is 755 g/mol. The second-order valence-corrected chi connectivity index (χ2v) is 15.0. The second-order valence-electron chi connectivity index (χ2n) is 15.0. The molecule has 308 valence electrons. The number of ketones is 2. The minimum atomic E-state index is -1.01. The molecule has 0 aliphatic rings. The van der Waals surface area contributed by atoms with Gasteiger partial charge in [-0.1, -0.05) is 168 Å². The quantitative estimate of drug-likeness (QED) is 0.0525. The van der Waals surface area contributed by atoms with Crippen LogP contribution in [0.15, 0.2) is 37.4 Å². The molecule has 1 rings (SSSR count). The standard InChI is InChI=1S/C47H78O7/c1-4-7-8-9-10-11-16-23-28-33-38-54-46-44(52-36-31-26-21-17-12-14-19-24-29-34-42(48)5-2)39-41(47(50)51)40-45(46)53-37-32-27-22-18-13-15-20-25-30-35-43(49)6-3/h5-6,39-40H,2-4,7-38H2,1H3,(H,50,51). The highest BCUT2D eigenvalue weighted by Gasteiger charge is 2.19. The van der Waals surface area contributed by atoms with Crippen LogP contribution in [0.4, 0.5) is 0 Å². The van der Waals surface area contributed by atoms with Gasteiger partial charge in [-0.05, 0) is 56.4 Å². The smallest absolute Gasteiger partial charge is 0.335 e. The lowest BCUT2D eigenvalue weighted by Crippen LogP contribution is -2.08. The van der Waals surface area contributed by atoms with Crippen molar-refractivity contribution in [3.8, 4) is 17.2 Å². The van der Waals surface area contributed by atoms with Crippen molar-refractivity contribution in [1.82, 2.24) is 0 Å². The van der Waals surface area contributed by atoms with Crippen LogP contribution in [0.2, 0.25) is 0 Å². The SMILES string of the molecule is C=CC(=O)CCCCCCCCCCCOc1cc(C(=O)O)cc(OCCCCCCCCCCCC(=O)C=C)c1OCCCCCCCCCCCC. The highest BCUT2D eigenvalue weighted by atomic mass is 16.5. The summed E-state index contributed by atoms with van der Waals surface area (Å²) < 4.78 is 18.8. The number of hydrogen-bond acceptors (Lipinski definition) is 6. The number of allylic oxidation sites excluding steroid dienone is 2. The van der Waals surface area contributed by atoms with Gasteiger partial charge in [0.25, 0.3) is 0 Å². The number of rotatable bonds is 41. The first kappa shape index (κ1) is 48.9. The van der Waals surface area contributed by atoms with Crippen LogP contribution in [-0.2, 0) is 9.59 Å². The van der Waals surface area contributed by atoms with Crippen LogP contribution in [0.1, 0.15) is 210 Å². The van der Waals surface area contributed by atoms with Gasteiger partial charge in [0.05, 0.1) is 25.4 Å². The Balaban J connectivity index is 2.57. The third-order valence-corrected chi connectivity index (χ3v) is 10.1. The highest BCUT2D eigenvalue weighted by molar-refractivity contribution is 5.90. The van der Waals surface area contributed by atoms with Crippen LogP contribution >= 0.6 is 0 Å². The van der Waals surface area contributed by atoms with Crippen LogP contribution < -0.4 is 14.2 Å². The Bertz CT molecular complexity index is 1060. The van der Waals surface area contributed by atoms with E-state index >= 15 is 0 Å². The molecule has 0 amide bonds. The van der Waals surface area contributed by atoms with Crippen molar-refractivity contribution < 1.29 is 33.7 Å². The molecule has 0 aliphatic carbocycles. The van der Waals surface area contributed by atoms with Crippen molar-refractivity contribution in [3.63, 3.8) is 0 Å². The summed E-state index contributed by atoms with van der Waals surface area (Å²) in [6, 6.07) is 3.17. The molecule has 0 unspecified atom stereocenters. The van der Waals surface area contributed by atoms with Crippen molar-refractivity contribution in [2.45, 2.75) is 200 Å². The number of carboxylic acids is 1. The van der Waals surface area contributed by atoms with Gasteiger partial charge in [-0.3, -0.25) is 9.59 Å². The summed E-state index contributed by atoms with van der Waals surface area (Å²) in [6.07, 6.45) is 36.3. The topological polar surface area (TPSA) is 99.1 Å². The highest BCUT2D eigenvalue weighted by Crippen LogP contribution is 2.39. The zero-order chi connectivity index (χ0) is 39.3. The van der Waals surface area contributed by atoms with Gasteiger partial charge in [0.2, 0.25) is 5.75 Å². The fraction of sp³-hybridized carbons (Fsp3) is 0.723. The molecule has 1 aromatic carbocycles. The summed E-state index contributed by atoms with van der Waals surface area (Å²) in [6.45, 7) is 10.9. The van der Waals surface area contributed by atoms with E-state index in [1.165, 1.54) is 115 Å². The van der Waals surface area contributed by atoms with E-state index in [1.807, 2.05) is 0 Å². The van der Waals surface area contributed by atoms with Crippen LogP contribution in [-0.4, -0.2) is 42.5 Å². The molecule has 1 N–H and O–H groups in total. The Hall–Kier alpha value is -3.09. The van der Waals surface area contributed by atoms with Crippen LogP contribution in [0.3, 0.4) is 0 Å². The Morgan fingerprint density at radius 2 is 0.778 bits per heavy atom. The molecule has 54 heavy (non-hydrogen) atoms. The van der Waals surface area contributed by atoms with Crippen molar-refractivity contribution >= 4 is 17.5 Å². The molecule has 0 spiro atoms. The lowest BCUT2D eigenvalue weighted by atomic mass is 10.1. The fourth-order valence-electron chi connectivity index (χ4n) is 6.67. The van der Waals surface area contributed by atoms with Crippen molar-refractivity contribution in [1.29, 1.82) is 0 Å². The Morgan fingerprint density at radius 1 is 0.481 bits per heavy atom. The summed E-state index contributed by atoms with van der Waals surface area (Å²) in [5.74, 6) is 0.715. The van der Waals surface area contributed by atoms with Crippen LogP contribution in [0.5, 0.6) is 17.2 Å². The van der Waals surface area contributed by atoms with E-state index in [1.54, 1.807) is 12.1 Å². The van der Waals surface area contributed by atoms with Crippen molar-refractivity contribution in [3.05, 3.63) is 43.0 Å². The molecule has 0 fully saturated rings. The summed E-state index contributed by atoms with van der Waals surface area (Å²) in [7, 11) is 0. The molecule has 0 atom stereocenters. The second kappa shape index (κ2) is 35.6. The third-order valence-electron chi connectivity index (χ3n) is 10.1. The number of unbranched alkanes of at least 4 members (excludes halogenated alkanes) is 25. The molecule has 7 heteroatoms. The van der Waals surface area contributed by atoms with E-state index in [-0.39, 0.29) is 17.1 Å². The number of benzene rings is 1. The van der Waals surface area contributed by atoms with Gasteiger partial charge in [0, 0.05) is 12.8 Å². The summed E-state index contributed by atoms with van der Waals surface area (Å²) in [5.41, 5.74) is 0.147. The van der Waals surface area contributed by atoms with Gasteiger partial charge < -0.3 is 19.3 Å². The van der Waals surface area contributed by atoms with Gasteiger partial charge in [-0.2, -0.15) is 0 Å². The van der Waals surface area contributed by atoms with Crippen LogP contribution in [0, 0.1) is 0 Å².